The van der Waals surface area contributed by atoms with Gasteiger partial charge >= 0.3 is 0 Å². The number of thiazole rings is 1. The quantitative estimate of drug-likeness (QED) is 0.423. The molecule has 164 valence electrons. The van der Waals surface area contributed by atoms with Crippen molar-refractivity contribution in [2.75, 3.05) is 18.0 Å². The van der Waals surface area contributed by atoms with Crippen LogP contribution in [-0.2, 0) is 13.0 Å². The number of rotatable bonds is 7. The summed E-state index contributed by atoms with van der Waals surface area (Å²) in [7, 11) is 0. The van der Waals surface area contributed by atoms with Crippen molar-refractivity contribution in [2.24, 2.45) is 0 Å². The van der Waals surface area contributed by atoms with E-state index in [0.717, 1.165) is 55.4 Å². The van der Waals surface area contributed by atoms with Crippen molar-refractivity contribution < 1.29 is 4.74 Å². The Morgan fingerprint density at radius 3 is 2.56 bits per heavy atom. The molecule has 0 radical (unpaired) electrons. The van der Waals surface area contributed by atoms with E-state index in [2.05, 4.69) is 37.5 Å². The van der Waals surface area contributed by atoms with E-state index >= 15 is 0 Å². The van der Waals surface area contributed by atoms with Crippen LogP contribution in [0.1, 0.15) is 41.9 Å². The third-order valence-corrected chi connectivity index (χ3v) is 6.76. The molecule has 5 rings (SSSR count). The maximum absolute atomic E-state index is 5.93. The van der Waals surface area contributed by atoms with Gasteiger partial charge in [0.1, 0.15) is 12.4 Å². The third-order valence-electron chi connectivity index (χ3n) is 5.71. The smallest absolute Gasteiger partial charge is 0.225 e. The monoisotopic (exact) mass is 447 g/mol. The number of hydrogen-bond acceptors (Lipinski definition) is 8. The molecule has 32 heavy (non-hydrogen) atoms. The Morgan fingerprint density at radius 2 is 1.88 bits per heavy atom. The molecule has 1 aliphatic heterocycles. The van der Waals surface area contributed by atoms with Crippen molar-refractivity contribution in [3.05, 3.63) is 70.7 Å². The number of aromatic nitrogens is 6. The second-order valence-corrected chi connectivity index (χ2v) is 8.70. The van der Waals surface area contributed by atoms with Crippen LogP contribution in [0, 0.1) is 0 Å². The zero-order valence-electron chi connectivity index (χ0n) is 18.0. The minimum absolute atomic E-state index is 0.468. The van der Waals surface area contributed by atoms with Crippen molar-refractivity contribution in [2.45, 2.75) is 38.7 Å². The van der Waals surface area contributed by atoms with Gasteiger partial charge in [0.25, 0.3) is 0 Å². The van der Waals surface area contributed by atoms with Gasteiger partial charge in [-0.25, -0.2) is 19.6 Å². The number of aryl methyl sites for hydroxylation is 1. The molecule has 1 saturated heterocycles. The van der Waals surface area contributed by atoms with Crippen LogP contribution >= 0.6 is 11.3 Å². The van der Waals surface area contributed by atoms with E-state index in [9.17, 15) is 0 Å². The molecule has 1 fully saturated rings. The number of piperidine rings is 1. The van der Waals surface area contributed by atoms with Gasteiger partial charge in [-0.2, -0.15) is 0 Å². The average molecular weight is 448 g/mol. The Balaban J connectivity index is 1.13. The van der Waals surface area contributed by atoms with Gasteiger partial charge < -0.3 is 9.64 Å². The van der Waals surface area contributed by atoms with Crippen LogP contribution in [0.3, 0.4) is 0 Å². The molecule has 0 N–H and O–H groups in total. The molecule has 0 spiro atoms. The summed E-state index contributed by atoms with van der Waals surface area (Å²) in [5, 5.41) is 11.1. The predicted molar refractivity (Wildman–Crippen MR) is 123 cm³/mol. The van der Waals surface area contributed by atoms with Gasteiger partial charge in [-0.15, -0.1) is 16.4 Å². The number of anilines is 1. The summed E-state index contributed by atoms with van der Waals surface area (Å²) in [4.78, 5) is 16.2. The fourth-order valence-electron chi connectivity index (χ4n) is 3.80. The number of nitrogens with zero attached hydrogens (tertiary/aromatic N) is 7. The Hall–Kier alpha value is -3.33. The first-order valence-electron chi connectivity index (χ1n) is 10.9. The molecule has 0 bridgehead atoms. The summed E-state index contributed by atoms with van der Waals surface area (Å²) >= 11 is 1.73. The number of benzene rings is 1. The van der Waals surface area contributed by atoms with E-state index in [1.54, 1.807) is 22.2 Å². The Bertz CT molecular complexity index is 1120. The van der Waals surface area contributed by atoms with Crippen molar-refractivity contribution in [3.63, 3.8) is 0 Å². The molecule has 8 nitrogen and oxygen atoms in total. The first kappa shape index (κ1) is 20.6. The number of hydrogen-bond donors (Lipinski definition) is 0. The molecule has 0 saturated carbocycles. The predicted octanol–water partition coefficient (Wildman–Crippen LogP) is 4.04. The second-order valence-electron chi connectivity index (χ2n) is 7.81. The lowest BCUT2D eigenvalue weighted by molar-refractivity contribution is 0.301. The van der Waals surface area contributed by atoms with Gasteiger partial charge in [-0.1, -0.05) is 12.1 Å². The zero-order chi connectivity index (χ0) is 21.8. The van der Waals surface area contributed by atoms with Crippen LogP contribution in [0.4, 0.5) is 5.95 Å². The summed E-state index contributed by atoms with van der Waals surface area (Å²) < 4.78 is 7.65. The summed E-state index contributed by atoms with van der Waals surface area (Å²) in [6, 6.07) is 7.80. The lowest BCUT2D eigenvalue weighted by atomic mass is 9.98. The highest BCUT2D eigenvalue weighted by atomic mass is 32.1. The highest BCUT2D eigenvalue weighted by molar-refractivity contribution is 7.09. The number of ether oxygens (including phenoxy) is 1. The van der Waals surface area contributed by atoms with Crippen LogP contribution in [0.25, 0.3) is 5.69 Å². The minimum Gasteiger partial charge on any atom is -0.487 e. The molecular formula is C23H25N7OS. The lowest BCUT2D eigenvalue weighted by Crippen LogP contribution is -2.34. The summed E-state index contributed by atoms with van der Waals surface area (Å²) in [6.07, 6.45) is 10.4. The van der Waals surface area contributed by atoms with Crippen molar-refractivity contribution in [1.82, 2.24) is 29.9 Å². The molecule has 0 unspecified atom stereocenters. The van der Waals surface area contributed by atoms with Gasteiger partial charge in [-0.3, -0.25) is 0 Å². The van der Waals surface area contributed by atoms with Gasteiger partial charge in [-0.05, 0) is 49.1 Å². The maximum Gasteiger partial charge on any atom is 0.225 e. The third kappa shape index (κ3) is 4.62. The molecule has 4 aromatic rings. The highest BCUT2D eigenvalue weighted by Gasteiger charge is 2.24. The summed E-state index contributed by atoms with van der Waals surface area (Å²) in [5.41, 5.74) is 3.10. The van der Waals surface area contributed by atoms with Gasteiger partial charge in [0.15, 0.2) is 0 Å². The highest BCUT2D eigenvalue weighted by Crippen LogP contribution is 2.31. The van der Waals surface area contributed by atoms with E-state index < -0.39 is 0 Å². The second kappa shape index (κ2) is 9.44. The van der Waals surface area contributed by atoms with Crippen LogP contribution in [0.2, 0.25) is 0 Å². The van der Waals surface area contributed by atoms with Crippen LogP contribution in [0.15, 0.2) is 54.4 Å². The normalized spacial score (nSPS) is 14.6. The first-order chi connectivity index (χ1) is 15.8. The van der Waals surface area contributed by atoms with Crippen LogP contribution in [-0.4, -0.2) is 43.0 Å². The van der Waals surface area contributed by atoms with E-state index in [4.69, 9.17) is 9.72 Å². The van der Waals surface area contributed by atoms with Crippen LogP contribution < -0.4 is 9.64 Å². The fraction of sp³-hybridized carbons (Fsp3) is 0.348. The minimum atomic E-state index is 0.468. The molecule has 1 aliphatic rings. The van der Waals surface area contributed by atoms with Crippen molar-refractivity contribution in [3.8, 4) is 11.4 Å². The van der Waals surface area contributed by atoms with Gasteiger partial charge in [0.2, 0.25) is 5.95 Å². The molecule has 9 heteroatoms. The standard InChI is InChI=1S/C23H25N7OS/c1-2-17-13-24-23(25-14-17)29-10-7-18(8-11-29)22-27-19(16-32-22)15-31-21-5-3-20(4-6-21)30-12-9-26-28-30/h3-6,9,12-14,16,18H,2,7-8,10-11,15H2,1H3. The van der Waals surface area contributed by atoms with E-state index in [0.29, 0.717) is 12.5 Å². The van der Waals surface area contributed by atoms with Gasteiger partial charge in [0, 0.05) is 36.8 Å². The summed E-state index contributed by atoms with van der Waals surface area (Å²) in [6.45, 7) is 4.50. The topological polar surface area (TPSA) is 81.9 Å². The molecular weight excluding hydrogens is 422 g/mol. The fourth-order valence-corrected chi connectivity index (χ4v) is 4.77. The molecule has 0 aliphatic carbocycles. The molecule has 1 aromatic carbocycles. The largest absolute Gasteiger partial charge is 0.487 e. The first-order valence-corrected chi connectivity index (χ1v) is 11.8. The summed E-state index contributed by atoms with van der Waals surface area (Å²) in [5.74, 6) is 2.14. The SMILES string of the molecule is CCc1cnc(N2CCC(c3nc(COc4ccc(-n5ccnn5)cc4)cs3)CC2)nc1. The molecule has 3 aromatic heterocycles. The average Bonchev–Trinajstić information content (AvgIpc) is 3.56. The zero-order valence-corrected chi connectivity index (χ0v) is 18.8. The lowest BCUT2D eigenvalue weighted by Gasteiger charge is -2.31. The van der Waals surface area contributed by atoms with Crippen molar-refractivity contribution in [1.29, 1.82) is 0 Å². The molecule has 4 heterocycles. The molecule has 0 atom stereocenters. The molecule has 0 amide bonds. The Morgan fingerprint density at radius 1 is 1.09 bits per heavy atom. The van der Waals surface area contributed by atoms with E-state index in [-0.39, 0.29) is 0 Å². The van der Waals surface area contributed by atoms with E-state index in [1.165, 1.54) is 10.6 Å². The van der Waals surface area contributed by atoms with Crippen LogP contribution in [0.5, 0.6) is 5.75 Å². The Labute approximate surface area is 190 Å². The van der Waals surface area contributed by atoms with E-state index in [1.807, 2.05) is 42.9 Å². The van der Waals surface area contributed by atoms with Crippen molar-refractivity contribution >= 4 is 17.3 Å². The Kier molecular flexibility index (Phi) is 6.06. The maximum atomic E-state index is 5.93. The van der Waals surface area contributed by atoms with Gasteiger partial charge in [0.05, 0.1) is 28.8 Å².